The van der Waals surface area contributed by atoms with E-state index in [-0.39, 0.29) is 16.1 Å². The van der Waals surface area contributed by atoms with Gasteiger partial charge in [0.05, 0.1) is 28.2 Å². The van der Waals surface area contributed by atoms with Crippen molar-refractivity contribution >= 4 is 40.1 Å². The maximum absolute atomic E-state index is 11.0. The summed E-state index contributed by atoms with van der Waals surface area (Å²) in [6.45, 7) is 13.7. The molecule has 0 bridgehead atoms. The van der Waals surface area contributed by atoms with Crippen LogP contribution in [0, 0.1) is 11.8 Å². The average molecular weight is 571 g/mol. The van der Waals surface area contributed by atoms with E-state index in [1.165, 1.54) is 11.8 Å². The zero-order valence-electron chi connectivity index (χ0n) is 21.6. The number of hydrogen-bond acceptors (Lipinski definition) is 4. The van der Waals surface area contributed by atoms with Crippen LogP contribution in [0.5, 0.6) is 0 Å². The number of aliphatic hydroxyl groups excluding tert-OH is 1. The highest BCUT2D eigenvalue weighted by Gasteiger charge is 2.23. The molecule has 1 aromatic rings. The summed E-state index contributed by atoms with van der Waals surface area (Å²) in [5, 5.41) is 7.80. The lowest BCUT2D eigenvalue weighted by atomic mass is 10.1. The molecule has 2 rings (SSSR count). The maximum atomic E-state index is 11.0. The molecule has 0 aromatic heterocycles. The number of nitrogens with zero attached hydrogens (tertiary/aromatic N) is 1. The van der Waals surface area contributed by atoms with Gasteiger partial charge in [0, 0.05) is 6.61 Å². The molecule has 1 aliphatic carbocycles. The summed E-state index contributed by atoms with van der Waals surface area (Å²) in [5.74, 6) is 1.27. The van der Waals surface area contributed by atoms with Gasteiger partial charge < -0.3 is 16.6 Å². The van der Waals surface area contributed by atoms with Crippen LogP contribution in [0.3, 0.4) is 0 Å². The third kappa shape index (κ3) is 23.0. The highest BCUT2D eigenvalue weighted by molar-refractivity contribution is 8.13. The van der Waals surface area contributed by atoms with Gasteiger partial charge in [-0.1, -0.05) is 88.9 Å². The van der Waals surface area contributed by atoms with Gasteiger partial charge in [-0.15, -0.1) is 29.8 Å². The number of nitrogens with two attached hydrogens (primary N) is 2. The van der Waals surface area contributed by atoms with Crippen molar-refractivity contribution in [3.8, 4) is 0 Å². The number of aliphatic imine (C=N–C) groups is 1. The maximum Gasteiger partial charge on any atom is 0.392 e. The van der Waals surface area contributed by atoms with E-state index in [9.17, 15) is 13.2 Å². The summed E-state index contributed by atoms with van der Waals surface area (Å²) < 4.78 is 33.0. The van der Waals surface area contributed by atoms with Crippen LogP contribution in [-0.4, -0.2) is 33.8 Å². The lowest BCUT2D eigenvalue weighted by molar-refractivity contribution is -0.124. The van der Waals surface area contributed by atoms with E-state index >= 15 is 0 Å². The smallest absolute Gasteiger partial charge is 0.392 e. The first-order chi connectivity index (χ1) is 16.6. The molecule has 3 atom stereocenters. The Bertz CT molecular complexity index is 799. The van der Waals surface area contributed by atoms with Gasteiger partial charge in [0.1, 0.15) is 0 Å². The third-order valence-corrected chi connectivity index (χ3v) is 5.24. The second-order valence-electron chi connectivity index (χ2n) is 8.66. The van der Waals surface area contributed by atoms with E-state index in [1.807, 2.05) is 44.2 Å². The molecule has 36 heavy (non-hydrogen) atoms. The van der Waals surface area contributed by atoms with Gasteiger partial charge in [0.2, 0.25) is 0 Å². The summed E-state index contributed by atoms with van der Waals surface area (Å²) in [7, 11) is 0. The van der Waals surface area contributed by atoms with Crippen LogP contribution >= 0.6 is 35.0 Å². The number of thioether (sulfide) groups is 1. The summed E-state index contributed by atoms with van der Waals surface area (Å²) in [6, 6.07) is 9.73. The molecule has 0 aliphatic heterocycles. The van der Waals surface area contributed by atoms with Gasteiger partial charge in [0.25, 0.3) is 0 Å². The molecule has 0 spiro atoms. The van der Waals surface area contributed by atoms with Crippen LogP contribution in [0.15, 0.2) is 71.9 Å². The molecule has 1 aliphatic rings. The van der Waals surface area contributed by atoms with E-state index in [2.05, 4.69) is 32.3 Å². The Hall–Kier alpha value is -1.45. The first kappa shape index (κ1) is 36.7. The topological polar surface area (TPSA) is 84.6 Å². The first-order valence-corrected chi connectivity index (χ1v) is 13.2. The molecule has 10 heteroatoms. The van der Waals surface area contributed by atoms with Crippen molar-refractivity contribution in [1.29, 1.82) is 0 Å². The zero-order valence-corrected chi connectivity index (χ0v) is 23.9. The molecule has 0 heterocycles. The lowest BCUT2D eigenvalue weighted by Crippen LogP contribution is -2.16. The summed E-state index contributed by atoms with van der Waals surface area (Å²) >= 11 is 13.3. The van der Waals surface area contributed by atoms with Crippen molar-refractivity contribution in [1.82, 2.24) is 0 Å². The zero-order chi connectivity index (χ0) is 28.3. The van der Waals surface area contributed by atoms with Crippen molar-refractivity contribution < 1.29 is 18.3 Å². The average Bonchev–Trinajstić information content (AvgIpc) is 2.76. The number of aliphatic hydroxyl groups is 1. The number of halogens is 5. The van der Waals surface area contributed by atoms with Gasteiger partial charge in [-0.2, -0.15) is 13.2 Å². The molecule has 5 N–H and O–H groups in total. The van der Waals surface area contributed by atoms with Crippen molar-refractivity contribution in [2.75, 3.05) is 6.61 Å². The van der Waals surface area contributed by atoms with Crippen LogP contribution < -0.4 is 11.5 Å². The number of benzene rings is 1. The van der Waals surface area contributed by atoms with Crippen LogP contribution in [0.1, 0.15) is 52.0 Å². The summed E-state index contributed by atoms with van der Waals surface area (Å²) in [5.41, 5.74) is 13.7. The van der Waals surface area contributed by atoms with E-state index in [4.69, 9.17) is 39.8 Å². The predicted molar refractivity (Wildman–Crippen MR) is 152 cm³/mol. The second-order valence-corrected chi connectivity index (χ2v) is 10.8. The van der Waals surface area contributed by atoms with E-state index < -0.39 is 12.6 Å². The third-order valence-electron chi connectivity index (χ3n) is 3.44. The molecule has 4 nitrogen and oxygen atoms in total. The molecule has 0 amide bonds. The van der Waals surface area contributed by atoms with Crippen molar-refractivity contribution in [2.24, 2.45) is 28.3 Å². The van der Waals surface area contributed by atoms with Gasteiger partial charge in [-0.25, -0.2) is 4.99 Å². The Balaban J connectivity index is 0. The number of amidine groups is 1. The lowest BCUT2D eigenvalue weighted by Gasteiger charge is -2.14. The summed E-state index contributed by atoms with van der Waals surface area (Å²) in [6.07, 6.45) is 1.25. The van der Waals surface area contributed by atoms with Crippen LogP contribution in [-0.2, 0) is 0 Å². The standard InChI is InChI=1S/C14H15Cl2N3S.C4H5F3.C4H10O.C4H10/c15-11-7-6-10(8-12(11)16)19-14(18)20-13(17)9-4-2-1-3-5-9;1-2-3-4(5,6)7;1-4(2)3-5;1-4(2)3/h1-8,11-13H,17H2,(H2,18,19);2H,1,3H2;4-5H,3H2,1-2H3;4H,1-3H3. The highest BCUT2D eigenvalue weighted by Crippen LogP contribution is 2.25. The van der Waals surface area contributed by atoms with E-state index in [0.29, 0.717) is 23.4 Å². The summed E-state index contributed by atoms with van der Waals surface area (Å²) in [4.78, 5) is 4.29. The van der Waals surface area contributed by atoms with E-state index in [0.717, 1.165) is 17.6 Å². The van der Waals surface area contributed by atoms with Crippen LogP contribution in [0.2, 0.25) is 0 Å². The molecule has 0 saturated carbocycles. The Morgan fingerprint density at radius 3 is 2.00 bits per heavy atom. The molecular weight excluding hydrogens is 530 g/mol. The van der Waals surface area contributed by atoms with Gasteiger partial charge in [-0.3, -0.25) is 0 Å². The monoisotopic (exact) mass is 569 g/mol. The number of rotatable bonds is 5. The fourth-order valence-corrected chi connectivity index (χ4v) is 2.91. The van der Waals surface area contributed by atoms with Gasteiger partial charge >= 0.3 is 6.18 Å². The number of hydrogen-bond donors (Lipinski definition) is 3. The number of alkyl halides is 5. The minimum Gasteiger partial charge on any atom is -0.396 e. The van der Waals surface area contributed by atoms with Crippen molar-refractivity contribution in [3.05, 3.63) is 72.5 Å². The first-order valence-electron chi connectivity index (χ1n) is 11.4. The molecule has 1 aromatic carbocycles. The van der Waals surface area contributed by atoms with Gasteiger partial charge in [0.15, 0.2) is 5.17 Å². The molecule has 206 valence electrons. The molecule has 0 saturated heterocycles. The number of allylic oxidation sites excluding steroid dienone is 4. The van der Waals surface area contributed by atoms with Gasteiger partial charge in [-0.05, 0) is 29.6 Å². The Morgan fingerprint density at radius 1 is 1.14 bits per heavy atom. The minimum absolute atomic E-state index is 0.212. The highest BCUT2D eigenvalue weighted by atomic mass is 35.5. The molecule has 0 radical (unpaired) electrons. The van der Waals surface area contributed by atoms with E-state index in [1.54, 1.807) is 18.2 Å². The molecule has 0 fully saturated rings. The minimum atomic E-state index is -4.07. The van der Waals surface area contributed by atoms with Crippen LogP contribution in [0.25, 0.3) is 0 Å². The quantitative estimate of drug-likeness (QED) is 0.111. The van der Waals surface area contributed by atoms with Crippen molar-refractivity contribution in [3.63, 3.8) is 0 Å². The fourth-order valence-electron chi connectivity index (χ4n) is 1.84. The molecule has 3 unspecified atom stereocenters. The fraction of sp³-hybridized carbons (Fsp3) is 0.500. The molecular formula is C26H40Cl2F3N3OS. The Kier molecular flexibility index (Phi) is 21.0. The SMILES string of the molecule is C=CCC(F)(F)F.CC(C)C.CC(C)CO.NC(=NC1=CC(Cl)C(Cl)C=C1)SC(N)c1ccccc1. The largest absolute Gasteiger partial charge is 0.396 e. The normalized spacial score (nSPS) is 18.1. The van der Waals surface area contributed by atoms with Crippen LogP contribution in [0.4, 0.5) is 13.2 Å². The second kappa shape index (κ2) is 20.6. The Morgan fingerprint density at radius 2 is 1.64 bits per heavy atom. The predicted octanol–water partition coefficient (Wildman–Crippen LogP) is 7.78. The van der Waals surface area contributed by atoms with Crippen molar-refractivity contribution in [2.45, 2.75) is 63.3 Å². The Labute approximate surface area is 228 Å².